The van der Waals surface area contributed by atoms with E-state index in [1.165, 1.54) is 0 Å². The van der Waals surface area contributed by atoms with Gasteiger partial charge in [-0.25, -0.2) is 15.0 Å². The van der Waals surface area contributed by atoms with Crippen molar-refractivity contribution in [2.24, 2.45) is 0 Å². The van der Waals surface area contributed by atoms with E-state index in [0.29, 0.717) is 72.3 Å². The maximum atomic E-state index is 6.32. The van der Waals surface area contributed by atoms with Crippen LogP contribution in [0, 0.1) is 0 Å². The van der Waals surface area contributed by atoms with Crippen molar-refractivity contribution in [3.8, 4) is 68.7 Å². The topological polar surface area (TPSA) is 94.1 Å². The molecule has 3 aromatic carbocycles. The molecule has 0 aliphatic rings. The molecule has 258 valence electrons. The summed E-state index contributed by atoms with van der Waals surface area (Å²) in [4.78, 5) is 15.0. The van der Waals surface area contributed by atoms with E-state index < -0.39 is 0 Å². The number of ether oxygens (including phenoxy) is 6. The SMILES string of the molecule is CCCCOc1ccc(-c2nc(-c3ccc(OCCCC)cc3OC)nc(-c3ccc(OCCCC)cc3OCCCC)n2)c(OC)c1. The highest BCUT2D eigenvalue weighted by Crippen LogP contribution is 2.39. The minimum atomic E-state index is 0.445. The molecule has 0 radical (unpaired) electrons. The molecule has 0 amide bonds. The van der Waals surface area contributed by atoms with Crippen LogP contribution in [0.3, 0.4) is 0 Å². The molecule has 0 fully saturated rings. The summed E-state index contributed by atoms with van der Waals surface area (Å²) >= 11 is 0. The van der Waals surface area contributed by atoms with Crippen LogP contribution in [0.1, 0.15) is 79.1 Å². The van der Waals surface area contributed by atoms with Crippen LogP contribution in [0.25, 0.3) is 34.2 Å². The minimum absolute atomic E-state index is 0.445. The molecule has 0 spiro atoms. The third kappa shape index (κ3) is 9.99. The van der Waals surface area contributed by atoms with Gasteiger partial charge < -0.3 is 28.4 Å². The van der Waals surface area contributed by atoms with Gasteiger partial charge in [0.15, 0.2) is 17.5 Å². The van der Waals surface area contributed by atoms with Crippen molar-refractivity contribution >= 4 is 0 Å². The first-order chi connectivity index (χ1) is 23.5. The second kappa shape index (κ2) is 19.3. The van der Waals surface area contributed by atoms with E-state index >= 15 is 0 Å². The maximum absolute atomic E-state index is 6.32. The fourth-order valence-corrected chi connectivity index (χ4v) is 4.86. The zero-order valence-electron chi connectivity index (χ0n) is 29.5. The maximum Gasteiger partial charge on any atom is 0.167 e. The van der Waals surface area contributed by atoms with Crippen LogP contribution in [0.4, 0.5) is 0 Å². The zero-order chi connectivity index (χ0) is 34.1. The van der Waals surface area contributed by atoms with Gasteiger partial charge in [-0.3, -0.25) is 0 Å². The largest absolute Gasteiger partial charge is 0.496 e. The summed E-state index contributed by atoms with van der Waals surface area (Å²) < 4.78 is 35.9. The molecular weight excluding hydrogens is 606 g/mol. The molecule has 0 N–H and O–H groups in total. The van der Waals surface area contributed by atoms with Gasteiger partial charge in [0.1, 0.15) is 34.5 Å². The number of rotatable bonds is 21. The summed E-state index contributed by atoms with van der Waals surface area (Å²) in [6.45, 7) is 11.0. The van der Waals surface area contributed by atoms with Gasteiger partial charge in [-0.1, -0.05) is 53.4 Å². The normalized spacial score (nSPS) is 10.9. The highest BCUT2D eigenvalue weighted by atomic mass is 16.5. The Hall–Kier alpha value is -4.53. The summed E-state index contributed by atoms with van der Waals surface area (Å²) in [5.41, 5.74) is 2.14. The third-order valence-corrected chi connectivity index (χ3v) is 7.71. The van der Waals surface area contributed by atoms with Gasteiger partial charge in [0.2, 0.25) is 0 Å². The molecular formula is C39H51N3O6. The van der Waals surface area contributed by atoms with Gasteiger partial charge >= 0.3 is 0 Å². The van der Waals surface area contributed by atoms with Gasteiger partial charge in [-0.15, -0.1) is 0 Å². The van der Waals surface area contributed by atoms with Crippen molar-refractivity contribution in [1.29, 1.82) is 0 Å². The molecule has 0 saturated carbocycles. The number of benzene rings is 3. The number of methoxy groups -OCH3 is 2. The molecule has 0 aliphatic heterocycles. The molecule has 1 heterocycles. The van der Waals surface area contributed by atoms with Crippen molar-refractivity contribution in [3.05, 3.63) is 54.6 Å². The monoisotopic (exact) mass is 657 g/mol. The van der Waals surface area contributed by atoms with Crippen LogP contribution in [-0.4, -0.2) is 55.6 Å². The number of hydrogen-bond donors (Lipinski definition) is 0. The highest BCUT2D eigenvalue weighted by Gasteiger charge is 2.21. The van der Waals surface area contributed by atoms with E-state index in [1.807, 2.05) is 54.6 Å². The van der Waals surface area contributed by atoms with Crippen molar-refractivity contribution < 1.29 is 28.4 Å². The van der Waals surface area contributed by atoms with Crippen LogP contribution < -0.4 is 28.4 Å². The van der Waals surface area contributed by atoms with E-state index in [-0.39, 0.29) is 0 Å². The molecule has 0 aliphatic carbocycles. The van der Waals surface area contributed by atoms with Crippen molar-refractivity contribution in [2.45, 2.75) is 79.1 Å². The molecule has 4 aromatic rings. The van der Waals surface area contributed by atoms with Gasteiger partial charge in [-0.05, 0) is 62.1 Å². The van der Waals surface area contributed by atoms with Crippen LogP contribution in [-0.2, 0) is 0 Å². The van der Waals surface area contributed by atoms with Gasteiger partial charge in [0, 0.05) is 18.2 Å². The Morgan fingerprint density at radius 1 is 0.417 bits per heavy atom. The third-order valence-electron chi connectivity index (χ3n) is 7.71. The smallest absolute Gasteiger partial charge is 0.167 e. The first kappa shape index (κ1) is 36.3. The molecule has 0 bridgehead atoms. The van der Waals surface area contributed by atoms with E-state index in [9.17, 15) is 0 Å². The van der Waals surface area contributed by atoms with Crippen LogP contribution in [0.5, 0.6) is 34.5 Å². The number of hydrogen-bond acceptors (Lipinski definition) is 9. The summed E-state index contributed by atoms with van der Waals surface area (Å²) in [7, 11) is 3.27. The van der Waals surface area contributed by atoms with E-state index in [0.717, 1.165) is 74.2 Å². The molecule has 1 aromatic heterocycles. The summed E-state index contributed by atoms with van der Waals surface area (Å²) in [6.07, 6.45) is 8.01. The van der Waals surface area contributed by atoms with Gasteiger partial charge in [-0.2, -0.15) is 0 Å². The minimum Gasteiger partial charge on any atom is -0.496 e. The number of aromatic nitrogens is 3. The fraction of sp³-hybridized carbons (Fsp3) is 0.462. The second-order valence-corrected chi connectivity index (χ2v) is 11.5. The summed E-state index contributed by atoms with van der Waals surface area (Å²) in [5.74, 6) is 5.38. The van der Waals surface area contributed by atoms with Crippen LogP contribution in [0.15, 0.2) is 54.6 Å². The highest BCUT2D eigenvalue weighted by molar-refractivity contribution is 5.75. The summed E-state index contributed by atoms with van der Waals surface area (Å²) in [6, 6.07) is 17.3. The van der Waals surface area contributed by atoms with Gasteiger partial charge in [0.25, 0.3) is 0 Å². The van der Waals surface area contributed by atoms with Crippen molar-refractivity contribution in [2.75, 3.05) is 40.6 Å². The Morgan fingerprint density at radius 2 is 0.729 bits per heavy atom. The Balaban J connectivity index is 1.86. The number of nitrogens with zero attached hydrogens (tertiary/aromatic N) is 3. The van der Waals surface area contributed by atoms with E-state index in [4.69, 9.17) is 43.4 Å². The first-order valence-corrected chi connectivity index (χ1v) is 17.3. The quantitative estimate of drug-likeness (QED) is 0.0812. The standard InChI is InChI=1S/C39H51N3O6/c1-7-11-21-45-28-15-18-31(34(25-28)43-5)37-40-38(32-19-16-29(26-35(32)44-6)46-22-12-8-2)42-39(41-37)33-20-17-30(47-23-13-9-3)27-36(33)48-24-14-10-4/h15-20,25-27H,7-14,21-24H2,1-6H3. The second-order valence-electron chi connectivity index (χ2n) is 11.5. The summed E-state index contributed by atoms with van der Waals surface area (Å²) in [5, 5.41) is 0. The first-order valence-electron chi connectivity index (χ1n) is 17.3. The molecule has 9 heteroatoms. The average molecular weight is 658 g/mol. The Bertz CT molecular complexity index is 1500. The number of unbranched alkanes of at least 4 members (excludes halogenated alkanes) is 4. The van der Waals surface area contributed by atoms with E-state index in [1.54, 1.807) is 14.2 Å². The predicted octanol–water partition coefficient (Wildman–Crippen LogP) is 9.61. The van der Waals surface area contributed by atoms with E-state index in [2.05, 4.69) is 27.7 Å². The van der Waals surface area contributed by atoms with Crippen LogP contribution >= 0.6 is 0 Å². The lowest BCUT2D eigenvalue weighted by atomic mass is 10.1. The lowest BCUT2D eigenvalue weighted by molar-refractivity contribution is 0.295. The predicted molar refractivity (Wildman–Crippen MR) is 191 cm³/mol. The molecule has 9 nitrogen and oxygen atoms in total. The lowest BCUT2D eigenvalue weighted by Crippen LogP contribution is -2.05. The molecule has 0 unspecified atom stereocenters. The van der Waals surface area contributed by atoms with Crippen molar-refractivity contribution in [1.82, 2.24) is 15.0 Å². The Morgan fingerprint density at radius 3 is 1.06 bits per heavy atom. The average Bonchev–Trinajstić information content (AvgIpc) is 3.12. The lowest BCUT2D eigenvalue weighted by Gasteiger charge is -2.16. The Kier molecular flexibility index (Phi) is 14.6. The zero-order valence-corrected chi connectivity index (χ0v) is 29.5. The molecule has 48 heavy (non-hydrogen) atoms. The molecule has 0 saturated heterocycles. The van der Waals surface area contributed by atoms with Crippen molar-refractivity contribution in [3.63, 3.8) is 0 Å². The molecule has 0 atom stereocenters. The van der Waals surface area contributed by atoms with Crippen LogP contribution in [0.2, 0.25) is 0 Å². The Labute approximate surface area is 286 Å². The molecule has 4 rings (SSSR count). The fourth-order valence-electron chi connectivity index (χ4n) is 4.86. The van der Waals surface area contributed by atoms with Gasteiger partial charge in [0.05, 0.1) is 57.3 Å².